The average molecular weight is 516 g/mol. The van der Waals surface area contributed by atoms with Crippen LogP contribution < -0.4 is 5.32 Å². The second kappa shape index (κ2) is 11.1. The van der Waals surface area contributed by atoms with Crippen LogP contribution in [0.4, 0.5) is 4.39 Å². The van der Waals surface area contributed by atoms with Crippen molar-refractivity contribution in [3.05, 3.63) is 94.8 Å². The predicted molar refractivity (Wildman–Crippen MR) is 142 cm³/mol. The van der Waals surface area contributed by atoms with Crippen LogP contribution in [0.1, 0.15) is 45.5 Å². The van der Waals surface area contributed by atoms with Crippen LogP contribution in [0.25, 0.3) is 10.8 Å². The zero-order valence-corrected chi connectivity index (χ0v) is 21.0. The maximum atomic E-state index is 13.4. The third-order valence-corrected chi connectivity index (χ3v) is 7.31. The van der Waals surface area contributed by atoms with Gasteiger partial charge in [0, 0.05) is 44.8 Å². The molecular weight excluding hydrogens is 485 g/mol. The molecule has 2 heterocycles. The molecule has 2 aliphatic heterocycles. The second-order valence-corrected chi connectivity index (χ2v) is 10.0. The lowest BCUT2D eigenvalue weighted by molar-refractivity contribution is -0.117. The Bertz CT molecular complexity index is 1410. The molecule has 7 nitrogen and oxygen atoms in total. The molecule has 1 atom stereocenters. The van der Waals surface area contributed by atoms with Crippen LogP contribution in [-0.2, 0) is 11.3 Å². The van der Waals surface area contributed by atoms with Crippen molar-refractivity contribution in [1.29, 1.82) is 0 Å². The molecule has 2 fully saturated rings. The fourth-order valence-corrected chi connectivity index (χ4v) is 5.31. The Morgan fingerprint density at radius 1 is 0.947 bits per heavy atom. The van der Waals surface area contributed by atoms with Crippen LogP contribution in [0.2, 0.25) is 0 Å². The molecular formula is C30H30FN3O4. The number of piperidine rings is 1. The van der Waals surface area contributed by atoms with Crippen molar-refractivity contribution in [3.8, 4) is 0 Å². The summed E-state index contributed by atoms with van der Waals surface area (Å²) in [5.41, 5.74) is 2.33. The summed E-state index contributed by atoms with van der Waals surface area (Å²) in [6.07, 6.45) is 3.69. The van der Waals surface area contributed by atoms with Gasteiger partial charge in [-0.1, -0.05) is 35.9 Å². The Kier molecular flexibility index (Phi) is 7.51. The Morgan fingerprint density at radius 3 is 2.42 bits per heavy atom. The van der Waals surface area contributed by atoms with Crippen molar-refractivity contribution >= 4 is 28.6 Å². The molecule has 0 aromatic heterocycles. The molecule has 3 aromatic rings. The predicted octanol–water partition coefficient (Wildman–Crippen LogP) is 4.23. The van der Waals surface area contributed by atoms with Gasteiger partial charge < -0.3 is 15.3 Å². The third-order valence-electron chi connectivity index (χ3n) is 7.31. The van der Waals surface area contributed by atoms with Crippen molar-refractivity contribution in [1.82, 2.24) is 15.1 Å². The van der Waals surface area contributed by atoms with Gasteiger partial charge in [-0.15, -0.1) is 0 Å². The highest BCUT2D eigenvalue weighted by molar-refractivity contribution is 6.04. The second-order valence-electron chi connectivity index (χ2n) is 10.0. The lowest BCUT2D eigenvalue weighted by Gasteiger charge is -2.29. The van der Waals surface area contributed by atoms with Crippen molar-refractivity contribution in [2.45, 2.75) is 31.8 Å². The monoisotopic (exact) mass is 515 g/mol. The number of rotatable bonds is 6. The lowest BCUT2D eigenvalue weighted by atomic mass is 10.0. The normalized spacial score (nSPS) is 18.0. The molecule has 0 spiro atoms. The number of likely N-dealkylation sites (tertiary alicyclic amines) is 2. The molecule has 5 rings (SSSR count). The van der Waals surface area contributed by atoms with E-state index in [1.807, 2.05) is 12.1 Å². The largest absolute Gasteiger partial charge is 0.478 e. The molecule has 2 saturated heterocycles. The molecule has 0 radical (unpaired) electrons. The summed E-state index contributed by atoms with van der Waals surface area (Å²) in [5, 5.41) is 14.4. The summed E-state index contributed by atoms with van der Waals surface area (Å²) >= 11 is 0. The Morgan fingerprint density at radius 2 is 1.66 bits per heavy atom. The summed E-state index contributed by atoms with van der Waals surface area (Å²) in [6.45, 7) is 3.32. The summed E-state index contributed by atoms with van der Waals surface area (Å²) < 4.78 is 13.4. The number of amides is 2. The number of hydrogen-bond acceptors (Lipinski definition) is 4. The van der Waals surface area contributed by atoms with E-state index in [0.29, 0.717) is 25.9 Å². The van der Waals surface area contributed by atoms with Crippen LogP contribution >= 0.6 is 0 Å². The van der Waals surface area contributed by atoms with Gasteiger partial charge in [0.25, 0.3) is 5.91 Å². The van der Waals surface area contributed by atoms with Gasteiger partial charge in [-0.25, -0.2) is 9.18 Å². The standard InChI is InChI=1S/C30H30FN3O4/c31-24-8-7-22-15-21(5-6-23(22)17-24)18-33-12-11-25(19-33)32-28(35)16-20-9-13-34(14-10-20)29(36)26-3-1-2-4-27(26)30(37)38/h1-8,15-17,25H,9-14,18-19H2,(H,32,35)(H,37,38)/t25-/m1/s1. The van der Waals surface area contributed by atoms with E-state index in [0.717, 1.165) is 48.0 Å². The van der Waals surface area contributed by atoms with Gasteiger partial charge >= 0.3 is 5.97 Å². The molecule has 3 aromatic carbocycles. The van der Waals surface area contributed by atoms with Gasteiger partial charge in [0.2, 0.25) is 5.91 Å². The molecule has 8 heteroatoms. The highest BCUT2D eigenvalue weighted by Gasteiger charge is 2.26. The fourth-order valence-electron chi connectivity index (χ4n) is 5.31. The molecule has 0 aliphatic carbocycles. The molecule has 2 amide bonds. The molecule has 0 unspecified atom stereocenters. The zero-order chi connectivity index (χ0) is 26.6. The van der Waals surface area contributed by atoms with E-state index < -0.39 is 5.97 Å². The first-order valence-electron chi connectivity index (χ1n) is 12.9. The van der Waals surface area contributed by atoms with Gasteiger partial charge in [0.15, 0.2) is 0 Å². The van der Waals surface area contributed by atoms with E-state index in [2.05, 4.69) is 16.3 Å². The molecule has 2 N–H and O–H groups in total. The van der Waals surface area contributed by atoms with Crippen LogP contribution in [0.15, 0.2) is 72.3 Å². The molecule has 38 heavy (non-hydrogen) atoms. The zero-order valence-electron chi connectivity index (χ0n) is 21.0. The SMILES string of the molecule is O=C(C=C1CCN(C(=O)c2ccccc2C(=O)O)CC1)N[C@@H]1CCN(Cc2ccc3cc(F)ccc3c2)C1. The Labute approximate surface area is 220 Å². The third kappa shape index (κ3) is 5.92. The first kappa shape index (κ1) is 25.6. The number of aromatic carboxylic acids is 1. The van der Waals surface area contributed by atoms with Crippen molar-refractivity contribution in [2.24, 2.45) is 0 Å². The molecule has 0 saturated carbocycles. The smallest absolute Gasteiger partial charge is 0.336 e. The molecule has 2 aliphatic rings. The first-order valence-corrected chi connectivity index (χ1v) is 12.9. The number of nitrogens with one attached hydrogen (secondary N) is 1. The van der Waals surface area contributed by atoms with E-state index in [-0.39, 0.29) is 34.8 Å². The molecule has 196 valence electrons. The number of carbonyl (C=O) groups excluding carboxylic acids is 2. The molecule has 0 bridgehead atoms. The number of benzene rings is 3. The minimum Gasteiger partial charge on any atom is -0.478 e. The summed E-state index contributed by atoms with van der Waals surface area (Å²) in [4.78, 5) is 41.0. The topological polar surface area (TPSA) is 90.0 Å². The van der Waals surface area contributed by atoms with Crippen LogP contribution in [0, 0.1) is 5.82 Å². The summed E-state index contributed by atoms with van der Waals surface area (Å²) in [6, 6.07) is 17.2. The quantitative estimate of drug-likeness (QED) is 0.480. The van der Waals surface area contributed by atoms with E-state index >= 15 is 0 Å². The minimum absolute atomic E-state index is 0.000158. The van der Waals surface area contributed by atoms with Crippen LogP contribution in [0.5, 0.6) is 0 Å². The average Bonchev–Trinajstić information content (AvgIpc) is 3.35. The maximum Gasteiger partial charge on any atom is 0.336 e. The van der Waals surface area contributed by atoms with Gasteiger partial charge in [0.05, 0.1) is 11.1 Å². The number of carboxylic acids is 1. The van der Waals surface area contributed by atoms with E-state index in [1.165, 1.54) is 24.3 Å². The first-order chi connectivity index (χ1) is 18.4. The summed E-state index contributed by atoms with van der Waals surface area (Å²) in [7, 11) is 0. The van der Waals surface area contributed by atoms with Gasteiger partial charge in [-0.2, -0.15) is 0 Å². The maximum absolute atomic E-state index is 13.4. The highest BCUT2D eigenvalue weighted by Crippen LogP contribution is 2.22. The number of halogens is 1. The van der Waals surface area contributed by atoms with Gasteiger partial charge in [-0.3, -0.25) is 14.5 Å². The van der Waals surface area contributed by atoms with Crippen LogP contribution in [-0.4, -0.2) is 64.9 Å². The number of carbonyl (C=O) groups is 3. The van der Waals surface area contributed by atoms with Gasteiger partial charge in [-0.05, 0) is 65.9 Å². The Balaban J connectivity index is 1.10. The summed E-state index contributed by atoms with van der Waals surface area (Å²) in [5.74, 6) is -1.77. The highest BCUT2D eigenvalue weighted by atomic mass is 19.1. The number of carboxylic acid groups (broad SMARTS) is 1. The van der Waals surface area contributed by atoms with Crippen LogP contribution in [0.3, 0.4) is 0 Å². The van der Waals surface area contributed by atoms with E-state index in [9.17, 15) is 23.9 Å². The van der Waals surface area contributed by atoms with E-state index in [1.54, 1.807) is 29.2 Å². The van der Waals surface area contributed by atoms with Crippen molar-refractivity contribution in [3.63, 3.8) is 0 Å². The fraction of sp³-hybridized carbons (Fsp3) is 0.300. The Hall–Kier alpha value is -4.04. The lowest BCUT2D eigenvalue weighted by Crippen LogP contribution is -2.38. The number of fused-ring (bicyclic) bond motifs is 1. The van der Waals surface area contributed by atoms with Gasteiger partial charge in [0.1, 0.15) is 5.82 Å². The van der Waals surface area contributed by atoms with Crippen molar-refractivity contribution in [2.75, 3.05) is 26.2 Å². The van der Waals surface area contributed by atoms with Crippen molar-refractivity contribution < 1.29 is 23.9 Å². The minimum atomic E-state index is -1.12. The number of nitrogens with zero attached hydrogens (tertiary/aromatic N) is 2. The number of hydrogen-bond donors (Lipinski definition) is 2. The van der Waals surface area contributed by atoms with E-state index in [4.69, 9.17) is 0 Å².